The summed E-state index contributed by atoms with van der Waals surface area (Å²) in [5.74, 6) is 1.37. The van der Waals surface area contributed by atoms with Gasteiger partial charge in [0.05, 0.1) is 0 Å². The van der Waals surface area contributed by atoms with Gasteiger partial charge in [-0.25, -0.2) is 0 Å². The third-order valence-corrected chi connectivity index (χ3v) is 4.09. The zero-order valence-electron chi connectivity index (χ0n) is 11.5. The molecule has 0 saturated carbocycles. The molecule has 1 fully saturated rings. The van der Waals surface area contributed by atoms with Gasteiger partial charge in [0.15, 0.2) is 5.16 Å². The van der Waals surface area contributed by atoms with Crippen LogP contribution in [-0.2, 0) is 0 Å². The predicted octanol–water partition coefficient (Wildman–Crippen LogP) is 1.38. The number of aromatic nitrogens is 3. The number of anilines is 2. The smallest absolute Gasteiger partial charge is 0.231 e. The van der Waals surface area contributed by atoms with Crippen molar-refractivity contribution in [1.82, 2.24) is 15.0 Å². The number of hydrogen-bond acceptors (Lipinski definition) is 7. The Labute approximate surface area is 118 Å². The molecule has 2 heterocycles. The standard InChI is InChI=1S/C12H21N5OS/c1-9(5-8-18)19-12-15-10(13-2)14-11(16-12)17-6-3-4-7-17/h9,18H,3-8H2,1-2H3,(H,13,14,15,16). The Balaban J connectivity index is 2.15. The van der Waals surface area contributed by atoms with Crippen LogP contribution in [-0.4, -0.2) is 52.1 Å². The summed E-state index contributed by atoms with van der Waals surface area (Å²) in [6, 6.07) is 0. The van der Waals surface area contributed by atoms with Crippen molar-refractivity contribution in [1.29, 1.82) is 0 Å². The van der Waals surface area contributed by atoms with Crippen LogP contribution >= 0.6 is 11.8 Å². The molecule has 1 aromatic heterocycles. The van der Waals surface area contributed by atoms with Crippen molar-refractivity contribution in [2.75, 3.05) is 37.0 Å². The normalized spacial score (nSPS) is 16.7. The number of hydrogen-bond donors (Lipinski definition) is 2. The lowest BCUT2D eigenvalue weighted by Crippen LogP contribution is -2.21. The molecular weight excluding hydrogens is 262 g/mol. The van der Waals surface area contributed by atoms with Crippen molar-refractivity contribution in [3.63, 3.8) is 0 Å². The highest BCUT2D eigenvalue weighted by molar-refractivity contribution is 7.99. The molecule has 0 aliphatic carbocycles. The molecule has 0 amide bonds. The largest absolute Gasteiger partial charge is 0.396 e. The summed E-state index contributed by atoms with van der Waals surface area (Å²) in [5, 5.41) is 13.0. The third-order valence-electron chi connectivity index (χ3n) is 3.06. The minimum Gasteiger partial charge on any atom is -0.396 e. The topological polar surface area (TPSA) is 74.2 Å². The van der Waals surface area contributed by atoms with Crippen molar-refractivity contribution in [2.24, 2.45) is 0 Å². The fourth-order valence-electron chi connectivity index (χ4n) is 1.99. The van der Waals surface area contributed by atoms with Crippen LogP contribution in [0.15, 0.2) is 5.16 Å². The number of aliphatic hydroxyl groups is 1. The van der Waals surface area contributed by atoms with Crippen molar-refractivity contribution in [3.8, 4) is 0 Å². The van der Waals surface area contributed by atoms with Crippen LogP contribution in [0.5, 0.6) is 0 Å². The number of nitrogens with one attached hydrogen (secondary N) is 1. The Morgan fingerprint density at radius 2 is 2.05 bits per heavy atom. The molecule has 1 aliphatic heterocycles. The van der Waals surface area contributed by atoms with Gasteiger partial charge in [0.2, 0.25) is 11.9 Å². The lowest BCUT2D eigenvalue weighted by molar-refractivity contribution is 0.289. The predicted molar refractivity (Wildman–Crippen MR) is 77.8 cm³/mol. The molecule has 1 saturated heterocycles. The Morgan fingerprint density at radius 1 is 1.32 bits per heavy atom. The molecule has 7 heteroatoms. The number of aliphatic hydroxyl groups excluding tert-OH is 1. The van der Waals surface area contributed by atoms with E-state index in [0.717, 1.165) is 30.6 Å². The van der Waals surface area contributed by atoms with Gasteiger partial charge >= 0.3 is 0 Å². The molecule has 0 radical (unpaired) electrons. The Kier molecular flexibility index (Phi) is 5.21. The quantitative estimate of drug-likeness (QED) is 0.764. The van der Waals surface area contributed by atoms with Crippen LogP contribution in [0, 0.1) is 0 Å². The molecule has 0 aromatic carbocycles. The fourth-order valence-corrected chi connectivity index (χ4v) is 2.85. The van der Waals surface area contributed by atoms with E-state index in [4.69, 9.17) is 5.11 Å². The van der Waals surface area contributed by atoms with E-state index < -0.39 is 0 Å². The highest BCUT2D eigenvalue weighted by atomic mass is 32.2. The van der Waals surface area contributed by atoms with E-state index in [2.05, 4.69) is 32.1 Å². The van der Waals surface area contributed by atoms with Gasteiger partial charge in [-0.15, -0.1) is 0 Å². The van der Waals surface area contributed by atoms with Crippen molar-refractivity contribution >= 4 is 23.7 Å². The fraction of sp³-hybridized carbons (Fsp3) is 0.750. The molecule has 2 rings (SSSR count). The Hall–Kier alpha value is -1.08. The highest BCUT2D eigenvalue weighted by Gasteiger charge is 2.18. The monoisotopic (exact) mass is 283 g/mol. The van der Waals surface area contributed by atoms with E-state index >= 15 is 0 Å². The maximum Gasteiger partial charge on any atom is 0.231 e. The zero-order chi connectivity index (χ0) is 13.7. The van der Waals surface area contributed by atoms with E-state index in [1.165, 1.54) is 12.8 Å². The number of thioether (sulfide) groups is 1. The second-order valence-electron chi connectivity index (χ2n) is 4.63. The highest BCUT2D eigenvalue weighted by Crippen LogP contribution is 2.25. The van der Waals surface area contributed by atoms with Crippen LogP contribution < -0.4 is 10.2 Å². The summed E-state index contributed by atoms with van der Waals surface area (Å²) < 4.78 is 0. The zero-order valence-corrected chi connectivity index (χ0v) is 12.3. The second kappa shape index (κ2) is 6.91. The average Bonchev–Trinajstić information content (AvgIpc) is 2.92. The minimum atomic E-state index is 0.192. The maximum absolute atomic E-state index is 8.96. The van der Waals surface area contributed by atoms with Gasteiger partial charge in [-0.2, -0.15) is 15.0 Å². The Morgan fingerprint density at radius 3 is 2.68 bits per heavy atom. The van der Waals surface area contributed by atoms with Crippen LogP contribution in [0.4, 0.5) is 11.9 Å². The molecule has 0 bridgehead atoms. The molecule has 1 unspecified atom stereocenters. The van der Waals surface area contributed by atoms with Gasteiger partial charge in [0.25, 0.3) is 0 Å². The van der Waals surface area contributed by atoms with Crippen LogP contribution in [0.2, 0.25) is 0 Å². The van der Waals surface area contributed by atoms with E-state index in [0.29, 0.717) is 11.2 Å². The van der Waals surface area contributed by atoms with Gasteiger partial charge in [-0.05, 0) is 19.3 Å². The van der Waals surface area contributed by atoms with E-state index in [-0.39, 0.29) is 6.61 Å². The van der Waals surface area contributed by atoms with Gasteiger partial charge in [0.1, 0.15) is 0 Å². The van der Waals surface area contributed by atoms with Crippen LogP contribution in [0.3, 0.4) is 0 Å². The summed E-state index contributed by atoms with van der Waals surface area (Å²) in [6.45, 7) is 4.29. The van der Waals surface area contributed by atoms with Crippen molar-refractivity contribution in [3.05, 3.63) is 0 Å². The SMILES string of the molecule is CNc1nc(SC(C)CCO)nc(N2CCCC2)n1. The molecular formula is C12H21N5OS. The van der Waals surface area contributed by atoms with Crippen molar-refractivity contribution in [2.45, 2.75) is 36.6 Å². The first kappa shape index (κ1) is 14.3. The van der Waals surface area contributed by atoms with Gasteiger partial charge in [-0.3, -0.25) is 0 Å². The number of rotatable bonds is 6. The van der Waals surface area contributed by atoms with Gasteiger partial charge < -0.3 is 15.3 Å². The summed E-state index contributed by atoms with van der Waals surface area (Å²) in [4.78, 5) is 15.5. The lowest BCUT2D eigenvalue weighted by atomic mass is 10.4. The van der Waals surface area contributed by atoms with Gasteiger partial charge in [0, 0.05) is 32.0 Å². The second-order valence-corrected chi connectivity index (χ2v) is 6.03. The summed E-state index contributed by atoms with van der Waals surface area (Å²) in [5.41, 5.74) is 0. The number of nitrogens with zero attached hydrogens (tertiary/aromatic N) is 4. The van der Waals surface area contributed by atoms with Gasteiger partial charge in [-0.1, -0.05) is 18.7 Å². The van der Waals surface area contributed by atoms with E-state index in [1.807, 2.05) is 7.05 Å². The molecule has 6 nitrogen and oxygen atoms in total. The molecule has 1 atom stereocenters. The molecule has 1 aliphatic rings. The average molecular weight is 283 g/mol. The van der Waals surface area contributed by atoms with E-state index in [9.17, 15) is 0 Å². The van der Waals surface area contributed by atoms with Crippen molar-refractivity contribution < 1.29 is 5.11 Å². The molecule has 0 spiro atoms. The first-order chi connectivity index (χ1) is 9.22. The first-order valence-electron chi connectivity index (χ1n) is 6.69. The summed E-state index contributed by atoms with van der Waals surface area (Å²) >= 11 is 1.58. The van der Waals surface area contributed by atoms with Crippen LogP contribution in [0.25, 0.3) is 0 Å². The molecule has 2 N–H and O–H groups in total. The lowest BCUT2D eigenvalue weighted by Gasteiger charge is -2.17. The van der Waals surface area contributed by atoms with Crippen LogP contribution in [0.1, 0.15) is 26.2 Å². The Bertz CT molecular complexity index is 411. The van der Waals surface area contributed by atoms with E-state index in [1.54, 1.807) is 11.8 Å². The third kappa shape index (κ3) is 3.94. The minimum absolute atomic E-state index is 0.192. The summed E-state index contributed by atoms with van der Waals surface area (Å²) in [6.07, 6.45) is 3.14. The summed E-state index contributed by atoms with van der Waals surface area (Å²) in [7, 11) is 1.81. The first-order valence-corrected chi connectivity index (χ1v) is 7.57. The molecule has 1 aromatic rings. The maximum atomic E-state index is 8.96. The molecule has 19 heavy (non-hydrogen) atoms. The molecule has 106 valence electrons.